The highest BCUT2D eigenvalue weighted by molar-refractivity contribution is 5.86. The minimum absolute atomic E-state index is 0.0783. The minimum Gasteiger partial charge on any atom is -0.481 e. The van der Waals surface area contributed by atoms with E-state index in [0.29, 0.717) is 6.42 Å². The highest BCUT2D eigenvalue weighted by atomic mass is 19.3. The summed E-state index contributed by atoms with van der Waals surface area (Å²) < 4.78 is 32.6. The Kier molecular flexibility index (Phi) is 6.54. The number of halogens is 2. The topological polar surface area (TPSA) is 105 Å². The van der Waals surface area contributed by atoms with E-state index in [-0.39, 0.29) is 18.9 Å². The molecule has 3 N–H and O–H groups in total. The number of benzene rings is 2. The number of aliphatic carboxylic acids is 1. The number of alkyl carbamates (subject to hydrolysis) is 1. The van der Waals surface area contributed by atoms with Crippen molar-refractivity contribution in [3.63, 3.8) is 0 Å². The third kappa shape index (κ3) is 4.47. The fourth-order valence-electron chi connectivity index (χ4n) is 4.65. The van der Waals surface area contributed by atoms with E-state index in [4.69, 9.17) is 9.84 Å². The van der Waals surface area contributed by atoms with Gasteiger partial charge in [-0.05, 0) is 28.7 Å². The van der Waals surface area contributed by atoms with Gasteiger partial charge in [-0.2, -0.15) is 0 Å². The molecule has 0 aromatic heterocycles. The molecular weight excluding hydrogens is 446 g/mol. The largest absolute Gasteiger partial charge is 0.481 e. The summed E-state index contributed by atoms with van der Waals surface area (Å²) in [6.07, 6.45) is 0.0500. The number of hydrogen-bond acceptors (Lipinski definition) is 4. The fraction of sp³-hybridized carbons (Fsp3) is 0.400. The summed E-state index contributed by atoms with van der Waals surface area (Å²) in [6.45, 7) is 1.42. The number of nitrogens with one attached hydrogen (secondary N) is 2. The molecule has 2 aliphatic carbocycles. The maximum atomic E-state index is 13.6. The number of ether oxygens (including phenoxy) is 1. The molecule has 1 fully saturated rings. The highest BCUT2D eigenvalue weighted by Crippen LogP contribution is 2.54. The Labute approximate surface area is 195 Å². The number of hydrogen-bond donors (Lipinski definition) is 3. The number of alkyl halides is 2. The van der Waals surface area contributed by atoms with Gasteiger partial charge in [0.25, 0.3) is 5.92 Å². The third-order valence-electron chi connectivity index (χ3n) is 6.49. The van der Waals surface area contributed by atoms with Gasteiger partial charge in [0.05, 0.1) is 5.92 Å². The summed E-state index contributed by atoms with van der Waals surface area (Å²) in [5.74, 6) is -8.98. The molecule has 0 unspecified atom stereocenters. The van der Waals surface area contributed by atoms with Crippen LogP contribution in [-0.2, 0) is 14.3 Å². The average molecular weight is 472 g/mol. The number of carboxylic acid groups (broad SMARTS) is 1. The summed E-state index contributed by atoms with van der Waals surface area (Å²) in [7, 11) is 0. The predicted molar refractivity (Wildman–Crippen MR) is 119 cm³/mol. The van der Waals surface area contributed by atoms with Crippen molar-refractivity contribution in [3.8, 4) is 11.1 Å². The SMILES string of the molecule is CCC[C@H](NC(=O)OCC1c2ccccc2-c2ccccc21)C(=O)NC[C@@H]1[C@H](C(=O)O)C1(F)F. The van der Waals surface area contributed by atoms with Crippen LogP contribution in [0.4, 0.5) is 13.6 Å². The number of carbonyl (C=O) groups is 3. The van der Waals surface area contributed by atoms with Crippen LogP contribution >= 0.6 is 0 Å². The van der Waals surface area contributed by atoms with E-state index < -0.39 is 48.3 Å². The smallest absolute Gasteiger partial charge is 0.407 e. The maximum Gasteiger partial charge on any atom is 0.407 e. The van der Waals surface area contributed by atoms with Crippen LogP contribution in [0.5, 0.6) is 0 Å². The molecule has 0 spiro atoms. The van der Waals surface area contributed by atoms with E-state index in [2.05, 4.69) is 10.6 Å². The Morgan fingerprint density at radius 2 is 1.65 bits per heavy atom. The summed E-state index contributed by atoms with van der Waals surface area (Å²) in [6, 6.07) is 14.8. The van der Waals surface area contributed by atoms with Crippen molar-refractivity contribution in [2.24, 2.45) is 11.8 Å². The number of rotatable bonds is 9. The molecule has 0 heterocycles. The normalized spacial score (nSPS) is 20.6. The van der Waals surface area contributed by atoms with Gasteiger partial charge in [-0.25, -0.2) is 13.6 Å². The molecule has 2 amide bonds. The Hall–Kier alpha value is -3.49. The van der Waals surface area contributed by atoms with Gasteiger partial charge in [0.15, 0.2) is 0 Å². The second-order valence-electron chi connectivity index (χ2n) is 8.65. The molecule has 4 rings (SSSR count). The van der Waals surface area contributed by atoms with Gasteiger partial charge in [0, 0.05) is 12.5 Å². The van der Waals surface area contributed by atoms with Crippen LogP contribution in [0.1, 0.15) is 36.8 Å². The molecule has 0 radical (unpaired) electrons. The van der Waals surface area contributed by atoms with Crippen molar-refractivity contribution >= 4 is 18.0 Å². The number of carbonyl (C=O) groups excluding carboxylic acids is 2. The van der Waals surface area contributed by atoms with E-state index in [0.717, 1.165) is 22.3 Å². The molecule has 3 atom stereocenters. The lowest BCUT2D eigenvalue weighted by Crippen LogP contribution is -2.47. The van der Waals surface area contributed by atoms with Crippen molar-refractivity contribution in [2.75, 3.05) is 13.2 Å². The van der Waals surface area contributed by atoms with Crippen LogP contribution in [0, 0.1) is 11.8 Å². The van der Waals surface area contributed by atoms with Crippen LogP contribution in [-0.4, -0.2) is 48.2 Å². The van der Waals surface area contributed by atoms with E-state index >= 15 is 0 Å². The molecule has 2 aromatic rings. The van der Waals surface area contributed by atoms with Crippen molar-refractivity contribution < 1.29 is 33.0 Å². The molecule has 2 aliphatic rings. The summed E-state index contributed by atoms with van der Waals surface area (Å²) in [4.78, 5) is 35.9. The van der Waals surface area contributed by atoms with Gasteiger partial charge in [-0.3, -0.25) is 9.59 Å². The molecular formula is C25H26F2N2O5. The molecule has 0 bridgehead atoms. The monoisotopic (exact) mass is 472 g/mol. The van der Waals surface area contributed by atoms with E-state index in [1.54, 1.807) is 0 Å². The number of carboxylic acids is 1. The van der Waals surface area contributed by atoms with Crippen LogP contribution in [0.2, 0.25) is 0 Å². The zero-order valence-corrected chi connectivity index (χ0v) is 18.6. The Balaban J connectivity index is 1.34. The molecule has 0 aliphatic heterocycles. The lowest BCUT2D eigenvalue weighted by atomic mass is 9.98. The van der Waals surface area contributed by atoms with Gasteiger partial charge >= 0.3 is 12.1 Å². The second-order valence-corrected chi connectivity index (χ2v) is 8.65. The van der Waals surface area contributed by atoms with Crippen molar-refractivity contribution in [2.45, 2.75) is 37.6 Å². The Morgan fingerprint density at radius 3 is 2.18 bits per heavy atom. The number of amides is 2. The first-order valence-electron chi connectivity index (χ1n) is 11.3. The molecule has 34 heavy (non-hydrogen) atoms. The fourth-order valence-corrected chi connectivity index (χ4v) is 4.65. The van der Waals surface area contributed by atoms with E-state index in [1.165, 1.54) is 0 Å². The minimum atomic E-state index is -3.35. The molecule has 180 valence electrons. The maximum absolute atomic E-state index is 13.6. The standard InChI is InChI=1S/C25H26F2N2O5/c1-2-7-20(22(30)28-12-19-21(23(31)32)25(19,26)27)29-24(33)34-13-18-16-10-5-3-8-14(16)15-9-4-6-11-17(15)18/h3-6,8-11,18-21H,2,7,12-13H2,1H3,(H,28,30)(H,29,33)(H,31,32)/t19-,20+,21-/m1/s1. The zero-order valence-electron chi connectivity index (χ0n) is 18.6. The van der Waals surface area contributed by atoms with Gasteiger partial charge < -0.3 is 20.5 Å². The first-order chi connectivity index (χ1) is 16.3. The third-order valence-corrected chi connectivity index (χ3v) is 6.49. The summed E-state index contributed by atoms with van der Waals surface area (Å²) in [5.41, 5.74) is 4.29. The van der Waals surface area contributed by atoms with Crippen LogP contribution in [0.15, 0.2) is 48.5 Å². The molecule has 0 saturated heterocycles. The second kappa shape index (κ2) is 9.40. The molecule has 7 nitrogen and oxygen atoms in total. The molecule has 9 heteroatoms. The van der Waals surface area contributed by atoms with Crippen LogP contribution in [0.3, 0.4) is 0 Å². The van der Waals surface area contributed by atoms with Crippen LogP contribution in [0.25, 0.3) is 11.1 Å². The van der Waals surface area contributed by atoms with Crippen molar-refractivity contribution in [1.82, 2.24) is 10.6 Å². The van der Waals surface area contributed by atoms with Gasteiger partial charge in [0.2, 0.25) is 5.91 Å². The quantitative estimate of drug-likeness (QED) is 0.515. The van der Waals surface area contributed by atoms with Gasteiger partial charge in [-0.15, -0.1) is 0 Å². The highest BCUT2D eigenvalue weighted by Gasteiger charge is 2.72. The van der Waals surface area contributed by atoms with Crippen molar-refractivity contribution in [1.29, 1.82) is 0 Å². The Morgan fingerprint density at radius 1 is 1.06 bits per heavy atom. The molecule has 2 aromatic carbocycles. The predicted octanol–water partition coefficient (Wildman–Crippen LogP) is 3.78. The molecule has 1 saturated carbocycles. The van der Waals surface area contributed by atoms with Gasteiger partial charge in [-0.1, -0.05) is 61.9 Å². The zero-order chi connectivity index (χ0) is 24.5. The lowest BCUT2D eigenvalue weighted by Gasteiger charge is -2.19. The van der Waals surface area contributed by atoms with Crippen molar-refractivity contribution in [3.05, 3.63) is 59.7 Å². The Bertz CT molecular complexity index is 1060. The van der Waals surface area contributed by atoms with Gasteiger partial charge in [0.1, 0.15) is 18.6 Å². The van der Waals surface area contributed by atoms with E-state index in [1.807, 2.05) is 55.5 Å². The number of fused-ring (bicyclic) bond motifs is 3. The van der Waals surface area contributed by atoms with E-state index in [9.17, 15) is 23.2 Å². The summed E-state index contributed by atoms with van der Waals surface area (Å²) >= 11 is 0. The summed E-state index contributed by atoms with van der Waals surface area (Å²) in [5, 5.41) is 13.7. The van der Waals surface area contributed by atoms with Crippen LogP contribution < -0.4 is 10.6 Å². The first kappa shape index (κ1) is 23.7. The lowest BCUT2D eigenvalue weighted by molar-refractivity contribution is -0.141. The first-order valence-corrected chi connectivity index (χ1v) is 11.3. The average Bonchev–Trinajstić information content (AvgIpc) is 3.23.